The van der Waals surface area contributed by atoms with Crippen molar-refractivity contribution in [2.24, 2.45) is 4.99 Å². The predicted molar refractivity (Wildman–Crippen MR) is 65.9 cm³/mol. The van der Waals surface area contributed by atoms with Crippen molar-refractivity contribution >= 4 is 5.71 Å². The maximum atomic E-state index is 12.7. The Labute approximate surface area is 143 Å². The van der Waals surface area contributed by atoms with E-state index in [4.69, 9.17) is 10.2 Å². The Hall–Kier alpha value is -1.25. The first-order valence-electron chi connectivity index (χ1n) is 6.77. The molecule has 0 bridgehead atoms. The van der Waals surface area contributed by atoms with E-state index in [2.05, 4.69) is 4.99 Å². The van der Waals surface area contributed by atoms with Crippen LogP contribution in [-0.4, -0.2) is 57.9 Å². The lowest BCUT2D eigenvalue weighted by Crippen LogP contribution is -2.61. The summed E-state index contributed by atoms with van der Waals surface area (Å²) in [6.45, 7) is 1.86. The first kappa shape index (κ1) is 25.8. The van der Waals surface area contributed by atoms with Crippen molar-refractivity contribution in [3.8, 4) is 0 Å². The molecule has 0 aliphatic carbocycles. The van der Waals surface area contributed by atoms with Crippen LogP contribution in [0.1, 0.15) is 26.7 Å². The van der Waals surface area contributed by atoms with E-state index in [1.54, 1.807) is 0 Å². The van der Waals surface area contributed by atoms with Crippen LogP contribution in [0.5, 0.6) is 0 Å². The average molecular weight is 431 g/mol. The third kappa shape index (κ3) is 5.39. The van der Waals surface area contributed by atoms with Gasteiger partial charge < -0.3 is 10.2 Å². The Morgan fingerprint density at radius 2 is 0.852 bits per heavy atom. The van der Waals surface area contributed by atoms with Gasteiger partial charge in [0.05, 0.1) is 0 Å². The summed E-state index contributed by atoms with van der Waals surface area (Å²) in [6.07, 6.45) is -31.6. The molecular formula is C12H13F12NO2. The van der Waals surface area contributed by atoms with E-state index in [1.807, 2.05) is 0 Å². The van der Waals surface area contributed by atoms with Crippen LogP contribution in [0.3, 0.4) is 0 Å². The molecule has 0 radical (unpaired) electrons. The van der Waals surface area contributed by atoms with Crippen molar-refractivity contribution < 1.29 is 62.9 Å². The largest absolute Gasteiger partial charge is 0.426 e. The standard InChI is InChI=1S/C12H13F12NO2/c1-5(2)25-6(3-7(26,9(13,14)15)10(16,17)18)4-8(27,11(19,20)21)12(22,23)24/h5,26-27H,3-4H2,1-2H3. The molecular weight excluding hydrogens is 418 g/mol. The summed E-state index contributed by atoms with van der Waals surface area (Å²) in [6, 6.07) is -1.35. The first-order valence-corrected chi connectivity index (χ1v) is 6.77. The van der Waals surface area contributed by atoms with Crippen LogP contribution in [-0.2, 0) is 0 Å². The number of alkyl halides is 12. The SMILES string of the molecule is CC(C)N=C(CC(O)(C(F)(F)F)C(F)(F)F)CC(O)(C(F)(F)F)C(F)(F)F. The van der Waals surface area contributed by atoms with Gasteiger partial charge in [0.15, 0.2) is 0 Å². The number of hydrogen-bond donors (Lipinski definition) is 2. The van der Waals surface area contributed by atoms with E-state index in [-0.39, 0.29) is 0 Å². The van der Waals surface area contributed by atoms with Crippen molar-refractivity contribution in [2.75, 3.05) is 0 Å². The quantitative estimate of drug-likeness (QED) is 0.503. The lowest BCUT2D eigenvalue weighted by Gasteiger charge is -2.36. The average Bonchev–Trinajstić information content (AvgIpc) is 2.31. The number of nitrogens with zero attached hydrogens (tertiary/aromatic N) is 1. The Morgan fingerprint density at radius 3 is 1.00 bits per heavy atom. The maximum absolute atomic E-state index is 12.7. The van der Waals surface area contributed by atoms with Crippen LogP contribution in [0, 0.1) is 0 Å². The minimum Gasteiger partial charge on any atom is -0.373 e. The molecule has 0 atom stereocenters. The highest BCUT2D eigenvalue weighted by Crippen LogP contribution is 2.49. The van der Waals surface area contributed by atoms with E-state index in [0.717, 1.165) is 13.8 Å². The summed E-state index contributed by atoms with van der Waals surface area (Å²) in [5.41, 5.74) is -13.3. The van der Waals surface area contributed by atoms with Gasteiger partial charge in [-0.2, -0.15) is 52.7 Å². The van der Waals surface area contributed by atoms with Gasteiger partial charge in [-0.3, -0.25) is 4.99 Å². The monoisotopic (exact) mass is 431 g/mol. The molecule has 0 rings (SSSR count). The minimum atomic E-state index is -6.50. The van der Waals surface area contributed by atoms with E-state index in [9.17, 15) is 52.7 Å². The van der Waals surface area contributed by atoms with Crippen LogP contribution < -0.4 is 0 Å². The Balaban J connectivity index is 6.34. The number of halogens is 12. The second kappa shape index (κ2) is 7.29. The fourth-order valence-electron chi connectivity index (χ4n) is 1.83. The highest BCUT2D eigenvalue weighted by Gasteiger charge is 2.73. The molecule has 162 valence electrons. The molecule has 0 aliphatic rings. The van der Waals surface area contributed by atoms with E-state index in [0.29, 0.717) is 0 Å². The summed E-state index contributed by atoms with van der Waals surface area (Å²) >= 11 is 0. The van der Waals surface area contributed by atoms with Crippen molar-refractivity contribution in [3.05, 3.63) is 0 Å². The number of aliphatic hydroxyl groups is 2. The van der Waals surface area contributed by atoms with Crippen molar-refractivity contribution in [1.29, 1.82) is 0 Å². The molecule has 2 N–H and O–H groups in total. The normalized spacial score (nSPS) is 15.3. The summed E-state index contributed by atoms with van der Waals surface area (Å²) in [5, 5.41) is 18.0. The smallest absolute Gasteiger partial charge is 0.373 e. The van der Waals surface area contributed by atoms with Crippen molar-refractivity contribution in [3.63, 3.8) is 0 Å². The number of aliphatic imine (C=N–C) groups is 1. The van der Waals surface area contributed by atoms with Crippen LogP contribution in [0.15, 0.2) is 4.99 Å². The van der Waals surface area contributed by atoms with Crippen LogP contribution in [0.25, 0.3) is 0 Å². The lowest BCUT2D eigenvalue weighted by atomic mass is 9.87. The third-order valence-electron chi connectivity index (χ3n) is 3.24. The lowest BCUT2D eigenvalue weighted by molar-refractivity contribution is -0.369. The summed E-state index contributed by atoms with van der Waals surface area (Å²) in [4.78, 5) is 2.90. The highest BCUT2D eigenvalue weighted by molar-refractivity contribution is 5.87. The summed E-state index contributed by atoms with van der Waals surface area (Å²) in [5.74, 6) is 0. The van der Waals surface area contributed by atoms with Gasteiger partial charge in [0.1, 0.15) is 0 Å². The van der Waals surface area contributed by atoms with Gasteiger partial charge in [0.25, 0.3) is 11.2 Å². The first-order chi connectivity index (χ1) is 11.5. The number of hydrogen-bond acceptors (Lipinski definition) is 3. The van der Waals surface area contributed by atoms with E-state index in [1.165, 1.54) is 0 Å². The molecule has 15 heteroatoms. The topological polar surface area (TPSA) is 52.8 Å². The summed E-state index contributed by atoms with van der Waals surface area (Å²) in [7, 11) is 0. The second-order valence-corrected chi connectivity index (χ2v) is 5.85. The van der Waals surface area contributed by atoms with E-state index >= 15 is 0 Å². The zero-order chi connectivity index (χ0) is 22.3. The molecule has 0 heterocycles. The molecule has 0 aliphatic heterocycles. The summed E-state index contributed by atoms with van der Waals surface area (Å²) < 4.78 is 152. The molecule has 0 spiro atoms. The van der Waals surface area contributed by atoms with Crippen LogP contribution in [0.4, 0.5) is 52.7 Å². The molecule has 0 unspecified atom stereocenters. The molecule has 0 saturated heterocycles. The Morgan fingerprint density at radius 1 is 0.630 bits per heavy atom. The second-order valence-electron chi connectivity index (χ2n) is 5.85. The zero-order valence-corrected chi connectivity index (χ0v) is 13.4. The van der Waals surface area contributed by atoms with Crippen LogP contribution in [0.2, 0.25) is 0 Å². The fourth-order valence-corrected chi connectivity index (χ4v) is 1.83. The molecule has 27 heavy (non-hydrogen) atoms. The fraction of sp³-hybridized carbons (Fsp3) is 0.917. The molecule has 0 aromatic heterocycles. The van der Waals surface area contributed by atoms with Gasteiger partial charge in [-0.05, 0) is 13.8 Å². The third-order valence-corrected chi connectivity index (χ3v) is 3.24. The van der Waals surface area contributed by atoms with Gasteiger partial charge in [0, 0.05) is 24.6 Å². The zero-order valence-electron chi connectivity index (χ0n) is 13.4. The minimum absolute atomic E-state index is 0.931. The molecule has 0 fully saturated rings. The molecule has 0 aromatic rings. The van der Waals surface area contributed by atoms with Crippen molar-refractivity contribution in [1.82, 2.24) is 0 Å². The Bertz CT molecular complexity index is 471. The van der Waals surface area contributed by atoms with Gasteiger partial charge in [-0.25, -0.2) is 0 Å². The number of rotatable bonds is 5. The van der Waals surface area contributed by atoms with Gasteiger partial charge >= 0.3 is 24.7 Å². The molecule has 0 amide bonds. The van der Waals surface area contributed by atoms with E-state index < -0.39 is 60.5 Å². The molecule has 3 nitrogen and oxygen atoms in total. The van der Waals surface area contributed by atoms with Gasteiger partial charge in [-0.1, -0.05) is 0 Å². The maximum Gasteiger partial charge on any atom is 0.426 e. The van der Waals surface area contributed by atoms with Gasteiger partial charge in [0.2, 0.25) is 0 Å². The Kier molecular flexibility index (Phi) is 6.96. The molecule has 0 saturated carbocycles. The van der Waals surface area contributed by atoms with Crippen molar-refractivity contribution in [2.45, 2.75) is 68.6 Å². The predicted octanol–water partition coefficient (Wildman–Crippen LogP) is 4.33. The highest BCUT2D eigenvalue weighted by atomic mass is 19.4. The van der Waals surface area contributed by atoms with Crippen LogP contribution >= 0.6 is 0 Å². The molecule has 0 aromatic carbocycles. The van der Waals surface area contributed by atoms with Gasteiger partial charge in [-0.15, -0.1) is 0 Å².